The van der Waals surface area contributed by atoms with E-state index in [4.69, 9.17) is 0 Å². The van der Waals surface area contributed by atoms with Gasteiger partial charge in [0.05, 0.1) is 6.10 Å². The molecular formula is C13H22N2O2S. The first-order valence-corrected chi connectivity index (χ1v) is 7.50. The molecule has 0 aromatic heterocycles. The zero-order chi connectivity index (χ0) is 13.3. The van der Waals surface area contributed by atoms with E-state index in [1.54, 1.807) is 11.8 Å². The SMILES string of the molecule is CC(C)[C@@]1(C)SC(N[C@H]2CC[C@H](O)CC2)=NC1=O. The van der Waals surface area contributed by atoms with Crippen molar-refractivity contribution in [2.24, 2.45) is 10.9 Å². The molecule has 4 nitrogen and oxygen atoms in total. The Kier molecular flexibility index (Phi) is 4.02. The lowest BCUT2D eigenvalue weighted by Crippen LogP contribution is -2.38. The predicted octanol–water partition coefficient (Wildman–Crippen LogP) is 1.92. The van der Waals surface area contributed by atoms with Crippen molar-refractivity contribution in [3.8, 4) is 0 Å². The van der Waals surface area contributed by atoms with Gasteiger partial charge < -0.3 is 10.4 Å². The summed E-state index contributed by atoms with van der Waals surface area (Å²) < 4.78 is -0.420. The Bertz CT molecular complexity index is 362. The molecule has 2 rings (SSSR count). The van der Waals surface area contributed by atoms with Crippen LogP contribution < -0.4 is 5.32 Å². The van der Waals surface area contributed by atoms with Crippen LogP contribution in [0.2, 0.25) is 0 Å². The van der Waals surface area contributed by atoms with Gasteiger partial charge in [-0.25, -0.2) is 0 Å². The fourth-order valence-corrected chi connectivity index (χ4v) is 3.42. The van der Waals surface area contributed by atoms with E-state index in [9.17, 15) is 9.90 Å². The first-order valence-electron chi connectivity index (χ1n) is 6.68. The topological polar surface area (TPSA) is 61.7 Å². The van der Waals surface area contributed by atoms with Gasteiger partial charge in [0, 0.05) is 6.04 Å². The van der Waals surface area contributed by atoms with Crippen LogP contribution >= 0.6 is 11.8 Å². The fraction of sp³-hybridized carbons (Fsp3) is 0.846. The fourth-order valence-electron chi connectivity index (χ4n) is 2.29. The summed E-state index contributed by atoms with van der Waals surface area (Å²) in [5.74, 6) is 0.243. The molecule has 0 radical (unpaired) electrons. The molecule has 1 amide bonds. The average Bonchev–Trinajstić information content (AvgIpc) is 2.59. The lowest BCUT2D eigenvalue weighted by atomic mass is 9.93. The lowest BCUT2D eigenvalue weighted by molar-refractivity contribution is -0.120. The molecule has 1 heterocycles. The minimum absolute atomic E-state index is 0.0270. The van der Waals surface area contributed by atoms with Crippen molar-refractivity contribution in [3.63, 3.8) is 0 Å². The number of carbonyl (C=O) groups excluding carboxylic acids is 1. The number of hydrogen-bond donors (Lipinski definition) is 2. The van der Waals surface area contributed by atoms with Gasteiger partial charge in [0.25, 0.3) is 5.91 Å². The Labute approximate surface area is 113 Å². The molecule has 1 aliphatic heterocycles. The van der Waals surface area contributed by atoms with Gasteiger partial charge in [-0.3, -0.25) is 4.79 Å². The summed E-state index contributed by atoms with van der Waals surface area (Å²) in [5.41, 5.74) is 0. The summed E-state index contributed by atoms with van der Waals surface area (Å²) in [6.45, 7) is 6.08. The van der Waals surface area contributed by atoms with E-state index in [0.717, 1.165) is 30.9 Å². The monoisotopic (exact) mass is 270 g/mol. The third kappa shape index (κ3) is 2.72. The Morgan fingerprint density at radius 2 is 2.00 bits per heavy atom. The first kappa shape index (κ1) is 13.9. The molecule has 0 saturated heterocycles. The highest BCUT2D eigenvalue weighted by atomic mass is 32.2. The highest BCUT2D eigenvalue weighted by molar-refractivity contribution is 8.16. The molecule has 2 aliphatic rings. The van der Waals surface area contributed by atoms with E-state index in [0.29, 0.717) is 6.04 Å². The zero-order valence-electron chi connectivity index (χ0n) is 11.3. The molecule has 0 bridgehead atoms. The lowest BCUT2D eigenvalue weighted by Gasteiger charge is -2.28. The molecule has 5 heteroatoms. The number of aliphatic hydroxyl groups excluding tert-OH is 1. The Morgan fingerprint density at radius 1 is 1.39 bits per heavy atom. The molecule has 2 N–H and O–H groups in total. The molecule has 1 saturated carbocycles. The van der Waals surface area contributed by atoms with Gasteiger partial charge in [-0.2, -0.15) is 4.99 Å². The molecule has 1 aliphatic carbocycles. The van der Waals surface area contributed by atoms with E-state index < -0.39 is 4.75 Å². The van der Waals surface area contributed by atoms with Crippen LogP contribution in [0.3, 0.4) is 0 Å². The number of amidine groups is 1. The van der Waals surface area contributed by atoms with Crippen molar-refractivity contribution in [3.05, 3.63) is 0 Å². The van der Waals surface area contributed by atoms with Crippen LogP contribution in [0, 0.1) is 5.92 Å². The highest BCUT2D eigenvalue weighted by Gasteiger charge is 2.44. The van der Waals surface area contributed by atoms with Crippen LogP contribution in [0.1, 0.15) is 46.5 Å². The second-order valence-electron chi connectivity index (χ2n) is 5.74. The van der Waals surface area contributed by atoms with Gasteiger partial charge in [-0.15, -0.1) is 0 Å². The predicted molar refractivity (Wildman–Crippen MR) is 74.7 cm³/mol. The maximum absolute atomic E-state index is 12.0. The number of thioether (sulfide) groups is 1. The Balaban J connectivity index is 1.92. The van der Waals surface area contributed by atoms with Crippen molar-refractivity contribution in [1.82, 2.24) is 5.32 Å². The molecule has 0 aromatic carbocycles. The average molecular weight is 270 g/mol. The van der Waals surface area contributed by atoms with E-state index in [1.807, 2.05) is 6.92 Å². The maximum Gasteiger partial charge on any atom is 0.264 e. The van der Waals surface area contributed by atoms with Crippen molar-refractivity contribution >= 4 is 22.8 Å². The van der Waals surface area contributed by atoms with Crippen molar-refractivity contribution < 1.29 is 9.90 Å². The van der Waals surface area contributed by atoms with Gasteiger partial charge in [0.2, 0.25) is 0 Å². The van der Waals surface area contributed by atoms with Gasteiger partial charge in [0.1, 0.15) is 4.75 Å². The second kappa shape index (κ2) is 5.21. The minimum Gasteiger partial charge on any atom is -0.393 e. The summed E-state index contributed by atoms with van der Waals surface area (Å²) in [5, 5.41) is 13.6. The minimum atomic E-state index is -0.420. The van der Waals surface area contributed by atoms with E-state index in [-0.39, 0.29) is 17.9 Å². The summed E-state index contributed by atoms with van der Waals surface area (Å²) >= 11 is 1.55. The Hall–Kier alpha value is -0.550. The number of hydrogen-bond acceptors (Lipinski definition) is 4. The number of nitrogens with one attached hydrogen (secondary N) is 1. The van der Waals surface area contributed by atoms with E-state index in [2.05, 4.69) is 24.2 Å². The summed E-state index contributed by atoms with van der Waals surface area (Å²) in [6.07, 6.45) is 3.43. The molecule has 18 heavy (non-hydrogen) atoms. The van der Waals surface area contributed by atoms with Crippen LogP contribution in [0.5, 0.6) is 0 Å². The normalized spacial score (nSPS) is 36.9. The van der Waals surface area contributed by atoms with Crippen LogP contribution in [-0.2, 0) is 4.79 Å². The quantitative estimate of drug-likeness (QED) is 0.805. The third-order valence-corrected chi connectivity index (χ3v) is 5.54. The van der Waals surface area contributed by atoms with Gasteiger partial charge in [-0.1, -0.05) is 25.6 Å². The standard InChI is InChI=1S/C13H22N2O2S/c1-8(2)13(3)11(17)15-12(18-13)14-9-4-6-10(16)7-5-9/h8-10,16H,4-7H2,1-3H3,(H,14,15,17)/t9-,10-,13-/m1/s1. The molecule has 102 valence electrons. The van der Waals surface area contributed by atoms with Crippen LogP contribution in [0.4, 0.5) is 0 Å². The number of rotatable bonds is 2. The first-order chi connectivity index (χ1) is 8.41. The molecule has 0 spiro atoms. The van der Waals surface area contributed by atoms with Crippen molar-refractivity contribution in [1.29, 1.82) is 0 Å². The highest BCUT2D eigenvalue weighted by Crippen LogP contribution is 2.39. The number of aliphatic hydroxyl groups is 1. The van der Waals surface area contributed by atoms with Gasteiger partial charge >= 0.3 is 0 Å². The summed E-state index contributed by atoms with van der Waals surface area (Å²) in [7, 11) is 0. The zero-order valence-corrected chi connectivity index (χ0v) is 12.1. The molecule has 0 unspecified atom stereocenters. The van der Waals surface area contributed by atoms with E-state index in [1.165, 1.54) is 0 Å². The number of aliphatic imine (C=N–C) groups is 1. The van der Waals surface area contributed by atoms with Crippen LogP contribution in [0.15, 0.2) is 4.99 Å². The second-order valence-corrected chi connectivity index (χ2v) is 7.17. The molecule has 0 aromatic rings. The van der Waals surface area contributed by atoms with Crippen LogP contribution in [-0.4, -0.2) is 33.1 Å². The van der Waals surface area contributed by atoms with Crippen LogP contribution in [0.25, 0.3) is 0 Å². The summed E-state index contributed by atoms with van der Waals surface area (Å²) in [6, 6.07) is 0.349. The van der Waals surface area contributed by atoms with Gasteiger partial charge in [0.15, 0.2) is 5.17 Å². The number of carbonyl (C=O) groups is 1. The maximum atomic E-state index is 12.0. The van der Waals surface area contributed by atoms with Crippen molar-refractivity contribution in [2.45, 2.75) is 63.3 Å². The van der Waals surface area contributed by atoms with Crippen molar-refractivity contribution in [2.75, 3.05) is 0 Å². The summed E-state index contributed by atoms with van der Waals surface area (Å²) in [4.78, 5) is 16.1. The largest absolute Gasteiger partial charge is 0.393 e. The number of amides is 1. The third-order valence-electron chi connectivity index (χ3n) is 4.06. The molecule has 1 fully saturated rings. The Morgan fingerprint density at radius 3 is 2.50 bits per heavy atom. The molecule has 1 atom stereocenters. The van der Waals surface area contributed by atoms with Gasteiger partial charge in [-0.05, 0) is 38.5 Å². The van der Waals surface area contributed by atoms with E-state index >= 15 is 0 Å². The molecular weight excluding hydrogens is 248 g/mol. The number of nitrogens with zero attached hydrogens (tertiary/aromatic N) is 1. The smallest absolute Gasteiger partial charge is 0.264 e.